The summed E-state index contributed by atoms with van der Waals surface area (Å²) in [7, 11) is 1.72. The van der Waals surface area contributed by atoms with Crippen molar-refractivity contribution >= 4 is 5.69 Å². The fourth-order valence-electron chi connectivity index (χ4n) is 2.76. The minimum absolute atomic E-state index is 0.0943. The van der Waals surface area contributed by atoms with Gasteiger partial charge < -0.3 is 10.5 Å². The Hall–Kier alpha value is -1.46. The van der Waals surface area contributed by atoms with E-state index in [1.54, 1.807) is 19.2 Å². The van der Waals surface area contributed by atoms with E-state index in [1.165, 1.54) is 12.5 Å². The molecule has 1 unspecified atom stereocenters. The van der Waals surface area contributed by atoms with Crippen LogP contribution in [0, 0.1) is 10.1 Å². The minimum atomic E-state index is -0.350. The monoisotopic (exact) mass is 264 g/mol. The highest BCUT2D eigenvalue weighted by atomic mass is 16.6. The highest BCUT2D eigenvalue weighted by molar-refractivity contribution is 5.40. The number of nitro groups is 1. The molecule has 0 heterocycles. The van der Waals surface area contributed by atoms with Crippen molar-refractivity contribution in [3.05, 3.63) is 39.9 Å². The van der Waals surface area contributed by atoms with Gasteiger partial charge >= 0.3 is 0 Å². The fraction of sp³-hybridized carbons (Fsp3) is 0.571. The van der Waals surface area contributed by atoms with Gasteiger partial charge in [-0.1, -0.05) is 18.2 Å². The molecular weight excluding hydrogens is 244 g/mol. The largest absolute Gasteiger partial charge is 0.378 e. The molecule has 0 aromatic heterocycles. The van der Waals surface area contributed by atoms with Gasteiger partial charge in [-0.3, -0.25) is 10.1 Å². The van der Waals surface area contributed by atoms with Crippen LogP contribution in [0.15, 0.2) is 24.3 Å². The number of nitrogens with zero attached hydrogens (tertiary/aromatic N) is 1. The van der Waals surface area contributed by atoms with Gasteiger partial charge in [0, 0.05) is 24.8 Å². The molecule has 1 aliphatic carbocycles. The molecule has 1 atom stereocenters. The first-order valence-corrected chi connectivity index (χ1v) is 6.59. The van der Waals surface area contributed by atoms with Crippen LogP contribution >= 0.6 is 0 Å². The van der Waals surface area contributed by atoms with Crippen LogP contribution in [0.4, 0.5) is 5.69 Å². The Bertz CT molecular complexity index is 452. The average Bonchev–Trinajstić information content (AvgIpc) is 2.34. The molecule has 19 heavy (non-hydrogen) atoms. The van der Waals surface area contributed by atoms with Gasteiger partial charge in [-0.25, -0.2) is 0 Å². The predicted molar refractivity (Wildman–Crippen MR) is 73.0 cm³/mol. The Kier molecular flexibility index (Phi) is 4.17. The van der Waals surface area contributed by atoms with Gasteiger partial charge in [0.05, 0.1) is 10.5 Å². The van der Waals surface area contributed by atoms with Crippen LogP contribution in [0.5, 0.6) is 0 Å². The van der Waals surface area contributed by atoms with Crippen molar-refractivity contribution in [2.24, 2.45) is 5.73 Å². The summed E-state index contributed by atoms with van der Waals surface area (Å²) in [6.45, 7) is 0. The number of nitrogens with two attached hydrogens (primary N) is 1. The summed E-state index contributed by atoms with van der Waals surface area (Å²) in [6.07, 6.45) is 4.52. The number of methoxy groups -OCH3 is 1. The van der Waals surface area contributed by atoms with Crippen molar-refractivity contribution in [1.29, 1.82) is 0 Å². The number of rotatable bonds is 6. The summed E-state index contributed by atoms with van der Waals surface area (Å²) in [5.41, 5.74) is 6.90. The highest BCUT2D eigenvalue weighted by Gasteiger charge is 2.38. The van der Waals surface area contributed by atoms with Crippen molar-refractivity contribution in [2.75, 3.05) is 7.11 Å². The van der Waals surface area contributed by atoms with Crippen LogP contribution in [-0.2, 0) is 11.2 Å². The molecule has 0 aliphatic heterocycles. The summed E-state index contributed by atoms with van der Waals surface area (Å²) < 4.78 is 5.55. The first-order valence-electron chi connectivity index (χ1n) is 6.59. The zero-order chi connectivity index (χ0) is 13.9. The highest BCUT2D eigenvalue weighted by Crippen LogP contribution is 2.39. The number of nitro benzene ring substituents is 1. The van der Waals surface area contributed by atoms with E-state index < -0.39 is 0 Å². The van der Waals surface area contributed by atoms with Crippen LogP contribution in [0.2, 0.25) is 0 Å². The van der Waals surface area contributed by atoms with Crippen molar-refractivity contribution in [2.45, 2.75) is 43.7 Å². The molecule has 2 N–H and O–H groups in total. The predicted octanol–water partition coefficient (Wildman–Crippen LogP) is 2.42. The van der Waals surface area contributed by atoms with E-state index in [9.17, 15) is 10.1 Å². The van der Waals surface area contributed by atoms with Crippen molar-refractivity contribution in [3.63, 3.8) is 0 Å². The number of hydrogen-bond acceptors (Lipinski definition) is 4. The average molecular weight is 264 g/mol. The molecule has 0 radical (unpaired) electrons. The molecule has 1 aromatic rings. The van der Waals surface area contributed by atoms with Gasteiger partial charge in [0.1, 0.15) is 0 Å². The minimum Gasteiger partial charge on any atom is -0.378 e. The molecule has 1 saturated carbocycles. The zero-order valence-electron chi connectivity index (χ0n) is 11.2. The maximum Gasteiger partial charge on any atom is 0.272 e. The second-order valence-electron chi connectivity index (χ2n) is 5.29. The molecule has 104 valence electrons. The Morgan fingerprint density at radius 3 is 2.68 bits per heavy atom. The first-order chi connectivity index (χ1) is 9.06. The van der Waals surface area contributed by atoms with Crippen LogP contribution in [0.1, 0.15) is 31.2 Å². The molecule has 0 saturated heterocycles. The Labute approximate surface area is 112 Å². The van der Waals surface area contributed by atoms with Crippen molar-refractivity contribution in [1.82, 2.24) is 0 Å². The Balaban J connectivity index is 2.02. The molecule has 1 aromatic carbocycles. The van der Waals surface area contributed by atoms with Gasteiger partial charge in [-0.2, -0.15) is 0 Å². The molecule has 0 bridgehead atoms. The summed E-state index contributed by atoms with van der Waals surface area (Å²) >= 11 is 0. The number of para-hydroxylation sites is 1. The lowest BCUT2D eigenvalue weighted by Gasteiger charge is -2.42. The first kappa shape index (κ1) is 14.0. The molecule has 5 heteroatoms. The van der Waals surface area contributed by atoms with Gasteiger partial charge in [-0.05, 0) is 32.1 Å². The molecule has 1 aliphatic rings. The fourth-order valence-corrected chi connectivity index (χ4v) is 2.76. The van der Waals surface area contributed by atoms with E-state index in [-0.39, 0.29) is 22.3 Å². The maximum atomic E-state index is 11.0. The Morgan fingerprint density at radius 1 is 1.47 bits per heavy atom. The number of hydrogen-bond donors (Lipinski definition) is 1. The molecule has 2 rings (SSSR count). The third-order valence-electron chi connectivity index (χ3n) is 4.00. The van der Waals surface area contributed by atoms with Gasteiger partial charge in [0.2, 0.25) is 0 Å². The molecule has 1 fully saturated rings. The summed E-state index contributed by atoms with van der Waals surface area (Å²) in [6, 6.07) is 6.68. The van der Waals surface area contributed by atoms with Crippen LogP contribution in [0.25, 0.3) is 0 Å². The maximum absolute atomic E-state index is 11.0. The Morgan fingerprint density at radius 2 is 2.16 bits per heavy atom. The van der Waals surface area contributed by atoms with Crippen LogP contribution in [0.3, 0.4) is 0 Å². The van der Waals surface area contributed by atoms with E-state index in [0.29, 0.717) is 12.0 Å². The molecular formula is C14H20N2O3. The topological polar surface area (TPSA) is 78.4 Å². The van der Waals surface area contributed by atoms with E-state index in [4.69, 9.17) is 10.5 Å². The van der Waals surface area contributed by atoms with Crippen LogP contribution < -0.4 is 5.73 Å². The quantitative estimate of drug-likeness (QED) is 0.632. The molecule has 0 spiro atoms. The standard InChI is InChI=1S/C14H20N2O3/c1-19-14(7-4-8-14)10-12(15)9-11-5-2-3-6-13(11)16(17)18/h2-3,5-6,12H,4,7-10,15H2,1H3. The van der Waals surface area contributed by atoms with E-state index in [1.807, 2.05) is 6.07 Å². The van der Waals surface area contributed by atoms with E-state index in [2.05, 4.69) is 0 Å². The number of ether oxygens (including phenoxy) is 1. The molecule has 0 amide bonds. The van der Waals surface area contributed by atoms with Gasteiger partial charge in [-0.15, -0.1) is 0 Å². The van der Waals surface area contributed by atoms with Crippen molar-refractivity contribution < 1.29 is 9.66 Å². The lowest BCUT2D eigenvalue weighted by Crippen LogP contribution is -2.45. The normalized spacial score (nSPS) is 18.6. The lowest BCUT2D eigenvalue weighted by atomic mass is 9.75. The van der Waals surface area contributed by atoms with Crippen molar-refractivity contribution in [3.8, 4) is 0 Å². The second kappa shape index (κ2) is 5.67. The third kappa shape index (κ3) is 3.11. The second-order valence-corrected chi connectivity index (χ2v) is 5.29. The van der Waals surface area contributed by atoms with E-state index in [0.717, 1.165) is 19.3 Å². The van der Waals surface area contributed by atoms with Crippen LogP contribution in [-0.4, -0.2) is 23.7 Å². The summed E-state index contributed by atoms with van der Waals surface area (Å²) in [5, 5.41) is 11.0. The molecule has 5 nitrogen and oxygen atoms in total. The van der Waals surface area contributed by atoms with Gasteiger partial charge in [0.25, 0.3) is 5.69 Å². The summed E-state index contributed by atoms with van der Waals surface area (Å²) in [4.78, 5) is 10.6. The van der Waals surface area contributed by atoms with E-state index >= 15 is 0 Å². The summed E-state index contributed by atoms with van der Waals surface area (Å²) in [5.74, 6) is 0. The zero-order valence-corrected chi connectivity index (χ0v) is 11.2. The SMILES string of the molecule is COC1(CC(N)Cc2ccccc2[N+](=O)[O-])CCC1. The number of benzene rings is 1. The lowest BCUT2D eigenvalue weighted by molar-refractivity contribution is -0.385. The third-order valence-corrected chi connectivity index (χ3v) is 4.00. The smallest absolute Gasteiger partial charge is 0.272 e. The van der Waals surface area contributed by atoms with Gasteiger partial charge in [0.15, 0.2) is 0 Å².